The van der Waals surface area contributed by atoms with Crippen LogP contribution in [0.15, 0.2) is 12.2 Å². The van der Waals surface area contributed by atoms with Crippen LogP contribution < -0.4 is 0 Å². The Morgan fingerprint density at radius 3 is 2.38 bits per heavy atom. The van der Waals surface area contributed by atoms with Crippen molar-refractivity contribution in [1.29, 1.82) is 0 Å². The van der Waals surface area contributed by atoms with Gasteiger partial charge in [-0.05, 0) is 5.92 Å². The predicted molar refractivity (Wildman–Crippen MR) is 41.0 cm³/mol. The van der Waals surface area contributed by atoms with Crippen LogP contribution in [0, 0.1) is 5.92 Å². The Bertz CT molecular complexity index is 194. The summed E-state index contributed by atoms with van der Waals surface area (Å²) >= 11 is 0. The molecule has 0 heterocycles. The zero-order valence-corrected chi connectivity index (χ0v) is 7.39. The van der Waals surface area contributed by atoms with E-state index >= 15 is 0 Å². The van der Waals surface area contributed by atoms with Crippen LogP contribution in [-0.2, 0) is 9.53 Å². The first-order chi connectivity index (χ1) is 5.81. The molecule has 0 aliphatic heterocycles. The number of carbonyl (C=O) groups is 1. The lowest BCUT2D eigenvalue weighted by Gasteiger charge is -2.05. The Morgan fingerprint density at radius 1 is 1.46 bits per heavy atom. The first-order valence-electron chi connectivity index (χ1n) is 3.73. The topological polar surface area (TPSA) is 26.3 Å². The van der Waals surface area contributed by atoms with Crippen molar-refractivity contribution < 1.29 is 22.7 Å². The van der Waals surface area contributed by atoms with E-state index in [0.717, 1.165) is 6.08 Å². The molecule has 0 unspecified atom stereocenters. The van der Waals surface area contributed by atoms with Crippen LogP contribution >= 0.6 is 0 Å². The zero-order chi connectivity index (χ0) is 10.5. The van der Waals surface area contributed by atoms with Crippen molar-refractivity contribution in [2.75, 3.05) is 6.61 Å². The lowest BCUT2D eigenvalue weighted by Crippen LogP contribution is -2.19. The standard InChI is InChI=1S/C8H11F3O2/c1-6(2)3-4-7(12)13-5-8(9,10)11/h3-4,6H,5H2,1-2H3/b4-3+. The normalized spacial score (nSPS) is 12.5. The minimum absolute atomic E-state index is 0.110. The van der Waals surface area contributed by atoms with Gasteiger partial charge < -0.3 is 4.74 Å². The summed E-state index contributed by atoms with van der Waals surface area (Å²) in [5, 5.41) is 0. The second-order valence-corrected chi connectivity index (χ2v) is 2.83. The first kappa shape index (κ1) is 12.0. The molecule has 0 atom stereocenters. The molecule has 2 nitrogen and oxygen atoms in total. The van der Waals surface area contributed by atoms with Gasteiger partial charge in [-0.1, -0.05) is 19.9 Å². The summed E-state index contributed by atoms with van der Waals surface area (Å²) < 4.78 is 38.4. The highest BCUT2D eigenvalue weighted by molar-refractivity contribution is 5.81. The summed E-state index contributed by atoms with van der Waals surface area (Å²) in [6.07, 6.45) is -1.99. The SMILES string of the molecule is CC(C)/C=C/C(=O)OCC(F)(F)F. The summed E-state index contributed by atoms with van der Waals surface area (Å²) in [7, 11) is 0. The molecule has 0 radical (unpaired) electrons. The average Bonchev–Trinajstić information content (AvgIpc) is 1.95. The van der Waals surface area contributed by atoms with E-state index in [0.29, 0.717) is 0 Å². The van der Waals surface area contributed by atoms with Gasteiger partial charge in [-0.2, -0.15) is 13.2 Å². The zero-order valence-electron chi connectivity index (χ0n) is 7.39. The number of alkyl halides is 3. The van der Waals surface area contributed by atoms with Gasteiger partial charge in [-0.3, -0.25) is 0 Å². The minimum Gasteiger partial charge on any atom is -0.453 e. The molecule has 0 aliphatic carbocycles. The Morgan fingerprint density at radius 2 is 2.00 bits per heavy atom. The molecule has 0 aromatic carbocycles. The van der Waals surface area contributed by atoms with Crippen molar-refractivity contribution in [3.63, 3.8) is 0 Å². The fourth-order valence-corrected chi connectivity index (χ4v) is 0.472. The van der Waals surface area contributed by atoms with Gasteiger partial charge in [0.05, 0.1) is 0 Å². The van der Waals surface area contributed by atoms with E-state index in [1.165, 1.54) is 6.08 Å². The van der Waals surface area contributed by atoms with E-state index in [1.807, 2.05) is 0 Å². The second kappa shape index (κ2) is 4.89. The number of allylic oxidation sites excluding steroid dienone is 1. The van der Waals surface area contributed by atoms with Crippen molar-refractivity contribution in [2.24, 2.45) is 5.92 Å². The highest BCUT2D eigenvalue weighted by Crippen LogP contribution is 2.14. The molecule has 0 aromatic rings. The highest BCUT2D eigenvalue weighted by Gasteiger charge is 2.29. The molecule has 5 heteroatoms. The van der Waals surface area contributed by atoms with E-state index in [1.54, 1.807) is 13.8 Å². The highest BCUT2D eigenvalue weighted by atomic mass is 19.4. The van der Waals surface area contributed by atoms with Crippen LogP contribution in [-0.4, -0.2) is 18.8 Å². The smallest absolute Gasteiger partial charge is 0.422 e. The molecule has 0 saturated carbocycles. The van der Waals surface area contributed by atoms with Gasteiger partial charge >= 0.3 is 12.1 Å². The molecule has 0 amide bonds. The van der Waals surface area contributed by atoms with Gasteiger partial charge in [0.1, 0.15) is 0 Å². The third-order valence-corrected chi connectivity index (χ3v) is 0.995. The molecule has 0 spiro atoms. The van der Waals surface area contributed by atoms with Gasteiger partial charge in [-0.25, -0.2) is 4.79 Å². The third kappa shape index (κ3) is 8.91. The van der Waals surface area contributed by atoms with Gasteiger partial charge in [0, 0.05) is 6.08 Å². The molecule has 0 aromatic heterocycles. The molecular formula is C8H11F3O2. The molecule has 0 saturated heterocycles. The van der Waals surface area contributed by atoms with Crippen LogP contribution in [0.2, 0.25) is 0 Å². The van der Waals surface area contributed by atoms with Gasteiger partial charge in [-0.15, -0.1) is 0 Å². The maximum absolute atomic E-state index is 11.5. The van der Waals surface area contributed by atoms with E-state index < -0.39 is 18.8 Å². The number of hydrogen-bond acceptors (Lipinski definition) is 2. The van der Waals surface area contributed by atoms with Crippen LogP contribution in [0.4, 0.5) is 13.2 Å². The summed E-state index contributed by atoms with van der Waals surface area (Å²) in [6, 6.07) is 0. The summed E-state index contributed by atoms with van der Waals surface area (Å²) in [4.78, 5) is 10.6. The molecule has 0 rings (SSSR count). The van der Waals surface area contributed by atoms with Gasteiger partial charge in [0.25, 0.3) is 0 Å². The van der Waals surface area contributed by atoms with E-state index in [9.17, 15) is 18.0 Å². The lowest BCUT2D eigenvalue weighted by atomic mass is 10.2. The molecular weight excluding hydrogens is 185 g/mol. The lowest BCUT2D eigenvalue weighted by molar-refractivity contribution is -0.182. The Hall–Kier alpha value is -1.00. The molecule has 0 N–H and O–H groups in total. The quantitative estimate of drug-likeness (QED) is 0.511. The van der Waals surface area contributed by atoms with Crippen molar-refractivity contribution in [2.45, 2.75) is 20.0 Å². The first-order valence-corrected chi connectivity index (χ1v) is 3.73. The molecule has 0 aliphatic rings. The van der Waals surface area contributed by atoms with Crippen molar-refractivity contribution in [3.8, 4) is 0 Å². The van der Waals surface area contributed by atoms with Crippen LogP contribution in [0.1, 0.15) is 13.8 Å². The van der Waals surface area contributed by atoms with Crippen molar-refractivity contribution in [1.82, 2.24) is 0 Å². The van der Waals surface area contributed by atoms with Crippen molar-refractivity contribution >= 4 is 5.97 Å². The van der Waals surface area contributed by atoms with E-state index in [4.69, 9.17) is 0 Å². The summed E-state index contributed by atoms with van der Waals surface area (Å²) in [5.74, 6) is -0.857. The van der Waals surface area contributed by atoms with Crippen molar-refractivity contribution in [3.05, 3.63) is 12.2 Å². The Balaban J connectivity index is 3.77. The second-order valence-electron chi connectivity index (χ2n) is 2.83. The van der Waals surface area contributed by atoms with Gasteiger partial charge in [0.15, 0.2) is 6.61 Å². The maximum atomic E-state index is 11.5. The van der Waals surface area contributed by atoms with Crippen LogP contribution in [0.3, 0.4) is 0 Å². The Kier molecular flexibility index (Phi) is 4.51. The number of hydrogen-bond donors (Lipinski definition) is 0. The molecule has 0 bridgehead atoms. The number of rotatable bonds is 3. The number of carbonyl (C=O) groups excluding carboxylic acids is 1. The fraction of sp³-hybridized carbons (Fsp3) is 0.625. The Labute approximate surface area is 74.4 Å². The van der Waals surface area contributed by atoms with Crippen LogP contribution in [0.5, 0.6) is 0 Å². The average molecular weight is 196 g/mol. The summed E-state index contributed by atoms with van der Waals surface area (Å²) in [6.45, 7) is 2.06. The largest absolute Gasteiger partial charge is 0.453 e. The predicted octanol–water partition coefficient (Wildman–Crippen LogP) is 2.30. The number of halogens is 3. The minimum atomic E-state index is -4.46. The summed E-state index contributed by atoms with van der Waals surface area (Å²) in [5.41, 5.74) is 0. The molecule has 13 heavy (non-hydrogen) atoms. The van der Waals surface area contributed by atoms with E-state index in [-0.39, 0.29) is 5.92 Å². The monoisotopic (exact) mass is 196 g/mol. The molecule has 0 fully saturated rings. The van der Waals surface area contributed by atoms with Gasteiger partial charge in [0.2, 0.25) is 0 Å². The number of ether oxygens (including phenoxy) is 1. The number of esters is 1. The maximum Gasteiger partial charge on any atom is 0.422 e. The van der Waals surface area contributed by atoms with E-state index in [2.05, 4.69) is 4.74 Å². The third-order valence-electron chi connectivity index (χ3n) is 0.995. The van der Waals surface area contributed by atoms with Crippen LogP contribution in [0.25, 0.3) is 0 Å². The fourth-order valence-electron chi connectivity index (χ4n) is 0.472. The molecule has 76 valence electrons.